The average molecular weight is 381 g/mol. The summed E-state index contributed by atoms with van der Waals surface area (Å²) in [5, 5.41) is 5.35. The van der Waals surface area contributed by atoms with Crippen LogP contribution >= 0.6 is 22.9 Å². The third-order valence-electron chi connectivity index (χ3n) is 3.13. The maximum atomic E-state index is 12.0. The molecule has 6 nitrogen and oxygen atoms in total. The maximum absolute atomic E-state index is 12.0. The molecule has 0 fully saturated rings. The number of hydrogen-bond acceptors (Lipinski definition) is 5. The van der Waals surface area contributed by atoms with Crippen LogP contribution in [-0.4, -0.2) is 31.3 Å². The predicted molar refractivity (Wildman–Crippen MR) is 98.5 cm³/mol. The van der Waals surface area contributed by atoms with Gasteiger partial charge >= 0.3 is 0 Å². The van der Waals surface area contributed by atoms with Crippen LogP contribution in [0.15, 0.2) is 36.4 Å². The number of amides is 2. The molecule has 0 saturated heterocycles. The molecule has 1 heterocycles. The van der Waals surface area contributed by atoms with Crippen molar-refractivity contribution in [1.82, 2.24) is 0 Å². The minimum absolute atomic E-state index is 0.0502. The Hall–Kier alpha value is -2.22. The van der Waals surface area contributed by atoms with Gasteiger partial charge in [0, 0.05) is 31.3 Å². The predicted octanol–water partition coefficient (Wildman–Crippen LogP) is 3.59. The smallest absolute Gasteiger partial charge is 0.250 e. The lowest BCUT2D eigenvalue weighted by Gasteiger charge is -2.08. The number of carbonyl (C=O) groups is 3. The molecule has 2 rings (SSSR count). The molecule has 0 spiro atoms. The number of hydrogen-bond donors (Lipinski definition) is 2. The highest BCUT2D eigenvalue weighted by atomic mass is 35.5. The molecule has 0 aliphatic heterocycles. The maximum Gasteiger partial charge on any atom is 0.250 e. The van der Waals surface area contributed by atoms with Gasteiger partial charge in [-0.3, -0.25) is 14.4 Å². The number of ketones is 1. The molecule has 2 aromatic rings. The largest absolute Gasteiger partial charge is 0.375 e. The first-order chi connectivity index (χ1) is 12.0. The Kier molecular flexibility index (Phi) is 7.12. The summed E-state index contributed by atoms with van der Waals surface area (Å²) in [4.78, 5) is 36.0. The first-order valence-electron chi connectivity index (χ1n) is 7.45. The van der Waals surface area contributed by atoms with Crippen molar-refractivity contribution >= 4 is 51.9 Å². The molecule has 0 atom stereocenters. The lowest BCUT2D eigenvalue weighted by molar-refractivity contribution is -0.119. The molecule has 0 aliphatic carbocycles. The number of ether oxygens (including phenoxy) is 1. The third-order valence-corrected chi connectivity index (χ3v) is 4.40. The van der Waals surface area contributed by atoms with Crippen LogP contribution in [0.25, 0.3) is 0 Å². The molecule has 0 saturated carbocycles. The average Bonchev–Trinajstić information content (AvgIpc) is 3.00. The molecular formula is C17H17ClN2O4S. The second-order valence-electron chi connectivity index (χ2n) is 5.14. The van der Waals surface area contributed by atoms with Crippen molar-refractivity contribution in [3.05, 3.63) is 45.6 Å². The quantitative estimate of drug-likeness (QED) is 0.685. The number of nitrogens with one attached hydrogen (secondary N) is 2. The van der Waals surface area contributed by atoms with Crippen molar-refractivity contribution < 1.29 is 19.1 Å². The van der Waals surface area contributed by atoms with Crippen molar-refractivity contribution in [2.24, 2.45) is 0 Å². The summed E-state index contributed by atoms with van der Waals surface area (Å²) in [6.07, 6.45) is 0.168. The summed E-state index contributed by atoms with van der Waals surface area (Å²) in [5.41, 5.74) is 1.08. The fourth-order valence-corrected chi connectivity index (χ4v) is 3.05. The minimum atomic E-state index is -0.286. The van der Waals surface area contributed by atoms with Crippen LogP contribution in [0.5, 0.6) is 0 Å². The summed E-state index contributed by atoms with van der Waals surface area (Å²) >= 11 is 6.99. The summed E-state index contributed by atoms with van der Waals surface area (Å²) in [5.74, 6) is -0.685. The Balaban J connectivity index is 1.85. The Morgan fingerprint density at radius 2 is 1.72 bits per heavy atom. The zero-order valence-electron chi connectivity index (χ0n) is 13.5. The highest BCUT2D eigenvalue weighted by Gasteiger charge is 2.12. The van der Waals surface area contributed by atoms with Gasteiger partial charge in [-0.2, -0.15) is 0 Å². The standard InChI is InChI=1S/C17H17ClN2O4S/c1-24-10-17(23)20-12-4-2-3-11(9-12)19-16(22)8-5-13(21)14-6-7-15(18)25-14/h2-4,6-7,9H,5,8,10H2,1H3,(H,19,22)(H,20,23). The highest BCUT2D eigenvalue weighted by Crippen LogP contribution is 2.23. The monoisotopic (exact) mass is 380 g/mol. The zero-order chi connectivity index (χ0) is 18.2. The van der Waals surface area contributed by atoms with E-state index in [1.807, 2.05) is 0 Å². The van der Waals surface area contributed by atoms with Crippen molar-refractivity contribution in [2.45, 2.75) is 12.8 Å². The van der Waals surface area contributed by atoms with Crippen LogP contribution in [0.2, 0.25) is 4.34 Å². The van der Waals surface area contributed by atoms with Crippen LogP contribution in [0.1, 0.15) is 22.5 Å². The molecule has 132 valence electrons. The van der Waals surface area contributed by atoms with Crippen molar-refractivity contribution in [2.75, 3.05) is 24.4 Å². The van der Waals surface area contributed by atoms with E-state index >= 15 is 0 Å². The normalized spacial score (nSPS) is 10.3. The molecule has 0 radical (unpaired) electrons. The van der Waals surface area contributed by atoms with Crippen LogP contribution in [0.3, 0.4) is 0 Å². The van der Waals surface area contributed by atoms with Gasteiger partial charge in [-0.25, -0.2) is 0 Å². The van der Waals surface area contributed by atoms with E-state index < -0.39 is 0 Å². The number of anilines is 2. The van der Waals surface area contributed by atoms with E-state index in [4.69, 9.17) is 16.3 Å². The lowest BCUT2D eigenvalue weighted by atomic mass is 10.2. The van der Waals surface area contributed by atoms with E-state index in [2.05, 4.69) is 10.6 Å². The van der Waals surface area contributed by atoms with Gasteiger partial charge in [0.1, 0.15) is 6.61 Å². The Morgan fingerprint density at radius 3 is 2.32 bits per heavy atom. The van der Waals surface area contributed by atoms with Crippen LogP contribution in [-0.2, 0) is 14.3 Å². The molecule has 8 heteroatoms. The molecule has 0 aliphatic rings. The molecule has 1 aromatic heterocycles. The molecule has 2 N–H and O–H groups in total. The minimum Gasteiger partial charge on any atom is -0.375 e. The Morgan fingerprint density at radius 1 is 1.04 bits per heavy atom. The van der Waals surface area contributed by atoms with Crippen LogP contribution < -0.4 is 10.6 Å². The number of carbonyl (C=O) groups excluding carboxylic acids is 3. The van der Waals surface area contributed by atoms with Gasteiger partial charge in [-0.15, -0.1) is 11.3 Å². The van der Waals surface area contributed by atoms with Gasteiger partial charge in [0.25, 0.3) is 0 Å². The van der Waals surface area contributed by atoms with Gasteiger partial charge in [0.05, 0.1) is 9.21 Å². The fraction of sp³-hybridized carbons (Fsp3) is 0.235. The molecular weight excluding hydrogens is 364 g/mol. The Labute approximate surface area is 154 Å². The number of benzene rings is 1. The number of methoxy groups -OCH3 is 1. The van der Waals surface area contributed by atoms with Crippen LogP contribution in [0, 0.1) is 0 Å². The number of thiophene rings is 1. The fourth-order valence-electron chi connectivity index (χ4n) is 2.04. The van der Waals surface area contributed by atoms with Crippen molar-refractivity contribution in [1.29, 1.82) is 0 Å². The summed E-state index contributed by atoms with van der Waals surface area (Å²) in [7, 11) is 1.43. The van der Waals surface area contributed by atoms with E-state index in [9.17, 15) is 14.4 Å². The van der Waals surface area contributed by atoms with Crippen molar-refractivity contribution in [3.63, 3.8) is 0 Å². The molecule has 0 unspecified atom stereocenters. The second-order valence-corrected chi connectivity index (χ2v) is 6.85. The molecule has 25 heavy (non-hydrogen) atoms. The summed E-state index contributed by atoms with van der Waals surface area (Å²) in [6, 6.07) is 10.0. The van der Waals surface area contributed by atoms with E-state index in [1.165, 1.54) is 18.4 Å². The van der Waals surface area contributed by atoms with Crippen molar-refractivity contribution in [3.8, 4) is 0 Å². The van der Waals surface area contributed by atoms with E-state index in [1.54, 1.807) is 36.4 Å². The van der Waals surface area contributed by atoms with E-state index in [-0.39, 0.29) is 37.0 Å². The van der Waals surface area contributed by atoms with Gasteiger partial charge < -0.3 is 15.4 Å². The summed E-state index contributed by atoms with van der Waals surface area (Å²) < 4.78 is 5.28. The van der Waals surface area contributed by atoms with Gasteiger partial charge in [-0.1, -0.05) is 17.7 Å². The topological polar surface area (TPSA) is 84.5 Å². The van der Waals surface area contributed by atoms with E-state index in [0.717, 1.165) is 0 Å². The SMILES string of the molecule is COCC(=O)Nc1cccc(NC(=O)CCC(=O)c2ccc(Cl)s2)c1. The second kappa shape index (κ2) is 9.31. The summed E-state index contributed by atoms with van der Waals surface area (Å²) in [6.45, 7) is -0.0502. The van der Waals surface area contributed by atoms with Crippen LogP contribution in [0.4, 0.5) is 11.4 Å². The lowest BCUT2D eigenvalue weighted by Crippen LogP contribution is -2.17. The zero-order valence-corrected chi connectivity index (χ0v) is 15.1. The van der Waals surface area contributed by atoms with Gasteiger partial charge in [-0.05, 0) is 30.3 Å². The Bertz CT molecular complexity index is 776. The first-order valence-corrected chi connectivity index (χ1v) is 8.64. The number of rotatable bonds is 8. The third kappa shape index (κ3) is 6.30. The molecule has 0 bridgehead atoms. The van der Waals surface area contributed by atoms with Gasteiger partial charge in [0.15, 0.2) is 5.78 Å². The van der Waals surface area contributed by atoms with E-state index in [0.29, 0.717) is 20.6 Å². The van der Waals surface area contributed by atoms with Gasteiger partial charge in [0.2, 0.25) is 11.8 Å². The number of halogens is 1. The molecule has 2 amide bonds. The first kappa shape index (κ1) is 19.1. The highest BCUT2D eigenvalue weighted by molar-refractivity contribution is 7.18. The molecule has 1 aromatic carbocycles. The number of Topliss-reactive ketones (excluding diaryl/α,β-unsaturated/α-hetero) is 1.